The summed E-state index contributed by atoms with van der Waals surface area (Å²) < 4.78 is 10.6. The fourth-order valence-corrected chi connectivity index (χ4v) is 1.97. The molecule has 0 bridgehead atoms. The van der Waals surface area contributed by atoms with E-state index in [1.54, 1.807) is 6.08 Å². The fraction of sp³-hybridized carbons (Fsp3) is 0.353. The third-order valence-corrected chi connectivity index (χ3v) is 3.12. The van der Waals surface area contributed by atoms with Gasteiger partial charge in [-0.15, -0.1) is 0 Å². The summed E-state index contributed by atoms with van der Waals surface area (Å²) in [7, 11) is 0. The highest BCUT2D eigenvalue weighted by Gasteiger charge is 2.12. The highest BCUT2D eigenvalue weighted by atomic mass is 16.7. The first-order chi connectivity index (χ1) is 10.2. The summed E-state index contributed by atoms with van der Waals surface area (Å²) >= 11 is 0. The lowest BCUT2D eigenvalue weighted by Gasteiger charge is -2.00. The number of carbonyl (C=O) groups is 1. The Hall–Kier alpha value is -2.23. The molecule has 1 heterocycles. The number of allylic oxidation sites excluding steroid dienone is 2. The maximum absolute atomic E-state index is 11.6. The van der Waals surface area contributed by atoms with Crippen molar-refractivity contribution in [2.45, 2.75) is 26.7 Å². The van der Waals surface area contributed by atoms with Crippen molar-refractivity contribution in [2.75, 3.05) is 13.3 Å². The van der Waals surface area contributed by atoms with Crippen molar-refractivity contribution in [1.29, 1.82) is 0 Å². The van der Waals surface area contributed by atoms with Crippen LogP contribution in [0.1, 0.15) is 32.3 Å². The monoisotopic (exact) mass is 287 g/mol. The van der Waals surface area contributed by atoms with Gasteiger partial charge in [-0.05, 0) is 31.0 Å². The molecule has 1 amide bonds. The number of benzene rings is 1. The molecule has 1 aromatic carbocycles. The van der Waals surface area contributed by atoms with E-state index in [4.69, 9.17) is 9.47 Å². The Kier molecular flexibility index (Phi) is 5.43. The number of unbranched alkanes of at least 4 members (excludes halogenated alkanes) is 1. The molecule has 1 aliphatic heterocycles. The Bertz CT molecular complexity index is 561. The van der Waals surface area contributed by atoms with Crippen LogP contribution in [0.15, 0.2) is 35.9 Å². The van der Waals surface area contributed by atoms with Gasteiger partial charge in [-0.2, -0.15) is 0 Å². The Labute approximate surface area is 125 Å². The van der Waals surface area contributed by atoms with Crippen molar-refractivity contribution in [3.05, 3.63) is 41.5 Å². The number of hydrogen-bond donors (Lipinski definition) is 1. The summed E-state index contributed by atoms with van der Waals surface area (Å²) in [6.07, 6.45) is 7.46. The number of amides is 1. The maximum atomic E-state index is 11.6. The Morgan fingerprint density at radius 1 is 1.29 bits per heavy atom. The van der Waals surface area contributed by atoms with Crippen LogP contribution < -0.4 is 14.8 Å². The van der Waals surface area contributed by atoms with E-state index >= 15 is 0 Å². The third kappa shape index (κ3) is 4.67. The molecular formula is C17H21NO3. The number of fused-ring (bicyclic) bond motifs is 1. The molecule has 0 atom stereocenters. The topological polar surface area (TPSA) is 47.6 Å². The highest BCUT2D eigenvalue weighted by Crippen LogP contribution is 2.33. The summed E-state index contributed by atoms with van der Waals surface area (Å²) in [5, 5.41) is 2.85. The van der Waals surface area contributed by atoms with Gasteiger partial charge in [-0.1, -0.05) is 37.1 Å². The van der Waals surface area contributed by atoms with Crippen LogP contribution in [0.3, 0.4) is 0 Å². The molecule has 1 N–H and O–H groups in total. The van der Waals surface area contributed by atoms with E-state index in [0.717, 1.165) is 42.0 Å². The van der Waals surface area contributed by atoms with Crippen LogP contribution in [0.5, 0.6) is 11.5 Å². The molecule has 1 aromatic rings. The van der Waals surface area contributed by atoms with E-state index in [1.165, 1.54) is 0 Å². The molecule has 0 radical (unpaired) electrons. The van der Waals surface area contributed by atoms with Crippen molar-refractivity contribution < 1.29 is 14.3 Å². The molecule has 21 heavy (non-hydrogen) atoms. The van der Waals surface area contributed by atoms with Crippen LogP contribution in [-0.2, 0) is 4.79 Å². The van der Waals surface area contributed by atoms with Gasteiger partial charge >= 0.3 is 0 Å². The van der Waals surface area contributed by atoms with Crippen molar-refractivity contribution >= 4 is 12.0 Å². The van der Waals surface area contributed by atoms with Crippen LogP contribution in [-0.4, -0.2) is 19.2 Å². The minimum Gasteiger partial charge on any atom is -0.454 e. The molecule has 0 aromatic heterocycles. The van der Waals surface area contributed by atoms with E-state index in [0.29, 0.717) is 0 Å². The van der Waals surface area contributed by atoms with E-state index < -0.39 is 0 Å². The minimum absolute atomic E-state index is 0.0538. The summed E-state index contributed by atoms with van der Waals surface area (Å²) in [4.78, 5) is 11.6. The van der Waals surface area contributed by atoms with Crippen molar-refractivity contribution in [3.8, 4) is 11.5 Å². The third-order valence-electron chi connectivity index (χ3n) is 3.12. The Balaban J connectivity index is 1.93. The molecule has 1 aliphatic rings. The number of rotatable bonds is 6. The predicted molar refractivity (Wildman–Crippen MR) is 83.3 cm³/mol. The second-order valence-electron chi connectivity index (χ2n) is 4.98. The van der Waals surface area contributed by atoms with Gasteiger partial charge in [0.15, 0.2) is 11.5 Å². The van der Waals surface area contributed by atoms with Crippen LogP contribution in [0, 0.1) is 0 Å². The first-order valence-electron chi connectivity index (χ1n) is 7.23. The molecular weight excluding hydrogens is 266 g/mol. The zero-order valence-corrected chi connectivity index (χ0v) is 12.5. The molecule has 4 heteroatoms. The molecule has 0 unspecified atom stereocenters. The quantitative estimate of drug-likeness (QED) is 0.496. The number of ether oxygens (including phenoxy) is 2. The summed E-state index contributed by atoms with van der Waals surface area (Å²) in [6, 6.07) is 5.79. The van der Waals surface area contributed by atoms with E-state index in [-0.39, 0.29) is 12.7 Å². The predicted octanol–water partition coefficient (Wildman–Crippen LogP) is 3.29. The van der Waals surface area contributed by atoms with Crippen molar-refractivity contribution in [3.63, 3.8) is 0 Å². The summed E-state index contributed by atoms with van der Waals surface area (Å²) in [6.45, 7) is 5.06. The van der Waals surface area contributed by atoms with E-state index in [1.807, 2.05) is 37.3 Å². The molecule has 0 spiro atoms. The first kappa shape index (κ1) is 15.2. The van der Waals surface area contributed by atoms with Gasteiger partial charge in [0.25, 0.3) is 0 Å². The van der Waals surface area contributed by atoms with Crippen molar-refractivity contribution in [1.82, 2.24) is 5.32 Å². The molecule has 0 saturated heterocycles. The van der Waals surface area contributed by atoms with Crippen molar-refractivity contribution in [2.24, 2.45) is 0 Å². The standard InChI is InChI=1S/C17H21NO3/c1-3-4-9-18-17(19)8-5-13(2)10-14-6-7-15-16(11-14)21-12-20-15/h5-8,10-11H,3-4,9,12H2,1-2H3,(H,18,19)/b8-5+,13-10+. The van der Waals surface area contributed by atoms with E-state index in [2.05, 4.69) is 12.2 Å². The summed E-state index contributed by atoms with van der Waals surface area (Å²) in [5.41, 5.74) is 2.02. The van der Waals surface area contributed by atoms with Gasteiger partial charge in [0.05, 0.1) is 0 Å². The lowest BCUT2D eigenvalue weighted by atomic mass is 10.1. The van der Waals surface area contributed by atoms with Gasteiger partial charge in [0.1, 0.15) is 0 Å². The van der Waals surface area contributed by atoms with Gasteiger partial charge in [-0.3, -0.25) is 4.79 Å². The zero-order valence-electron chi connectivity index (χ0n) is 12.5. The van der Waals surface area contributed by atoms with Gasteiger partial charge in [0.2, 0.25) is 12.7 Å². The molecule has 0 aliphatic carbocycles. The molecule has 0 fully saturated rings. The number of hydrogen-bond acceptors (Lipinski definition) is 3. The second-order valence-corrected chi connectivity index (χ2v) is 4.98. The van der Waals surface area contributed by atoms with Gasteiger partial charge < -0.3 is 14.8 Å². The smallest absolute Gasteiger partial charge is 0.243 e. The number of nitrogens with one attached hydrogen (secondary N) is 1. The molecule has 4 nitrogen and oxygen atoms in total. The Morgan fingerprint density at radius 3 is 2.90 bits per heavy atom. The largest absolute Gasteiger partial charge is 0.454 e. The Morgan fingerprint density at radius 2 is 2.10 bits per heavy atom. The SMILES string of the molecule is CCCCNC(=O)/C=C/C(C)=C/c1ccc2c(c1)OCO2. The first-order valence-corrected chi connectivity index (χ1v) is 7.23. The average molecular weight is 287 g/mol. The molecule has 0 saturated carbocycles. The number of carbonyl (C=O) groups excluding carboxylic acids is 1. The van der Waals surface area contributed by atoms with Gasteiger partial charge in [-0.25, -0.2) is 0 Å². The maximum Gasteiger partial charge on any atom is 0.243 e. The second kappa shape index (κ2) is 7.53. The molecule has 2 rings (SSSR count). The lowest BCUT2D eigenvalue weighted by Crippen LogP contribution is -2.21. The zero-order chi connectivity index (χ0) is 15.1. The summed E-state index contributed by atoms with van der Waals surface area (Å²) in [5.74, 6) is 1.48. The average Bonchev–Trinajstić information content (AvgIpc) is 2.93. The highest BCUT2D eigenvalue weighted by molar-refractivity contribution is 5.88. The van der Waals surface area contributed by atoms with E-state index in [9.17, 15) is 4.79 Å². The van der Waals surface area contributed by atoms with Crippen LogP contribution in [0.2, 0.25) is 0 Å². The lowest BCUT2D eigenvalue weighted by molar-refractivity contribution is -0.116. The minimum atomic E-state index is -0.0538. The van der Waals surface area contributed by atoms with Gasteiger partial charge in [0, 0.05) is 12.6 Å². The molecule has 112 valence electrons. The fourth-order valence-electron chi connectivity index (χ4n) is 1.97. The van der Waals surface area contributed by atoms with Crippen LogP contribution in [0.4, 0.5) is 0 Å². The van der Waals surface area contributed by atoms with Crippen LogP contribution >= 0.6 is 0 Å². The van der Waals surface area contributed by atoms with Crippen LogP contribution in [0.25, 0.3) is 6.08 Å². The normalized spacial score (nSPS) is 13.7.